The van der Waals surface area contributed by atoms with Gasteiger partial charge in [0, 0.05) is 12.2 Å². The van der Waals surface area contributed by atoms with E-state index in [1.165, 1.54) is 16.8 Å². The Bertz CT molecular complexity index is 582. The quantitative estimate of drug-likeness (QED) is 0.874. The average molecular weight is 336 g/mol. The van der Waals surface area contributed by atoms with Gasteiger partial charge in [-0.3, -0.25) is 4.68 Å². The summed E-state index contributed by atoms with van der Waals surface area (Å²) in [6.45, 7) is 10.2. The maximum Gasteiger partial charge on any atom is 0.0767 e. The van der Waals surface area contributed by atoms with Gasteiger partial charge in [-0.25, -0.2) is 0 Å². The van der Waals surface area contributed by atoms with E-state index >= 15 is 0 Å². The lowest BCUT2D eigenvalue weighted by molar-refractivity contribution is 0.619. The van der Waals surface area contributed by atoms with Crippen LogP contribution in [0.3, 0.4) is 0 Å². The van der Waals surface area contributed by atoms with E-state index in [1.807, 2.05) is 0 Å². The molecule has 2 rings (SSSR count). The number of nitrogens with zero attached hydrogens (tertiary/aromatic N) is 2. The highest BCUT2D eigenvalue weighted by Gasteiger charge is 2.13. The summed E-state index contributed by atoms with van der Waals surface area (Å²) in [6, 6.07) is 6.54. The minimum absolute atomic E-state index is 0.782. The molecule has 3 nitrogen and oxygen atoms in total. The van der Waals surface area contributed by atoms with Crippen LogP contribution < -0.4 is 5.32 Å². The lowest BCUT2D eigenvalue weighted by atomic mass is 10.1. The van der Waals surface area contributed by atoms with Gasteiger partial charge in [0.2, 0.25) is 0 Å². The van der Waals surface area contributed by atoms with Crippen molar-refractivity contribution in [2.45, 2.75) is 47.2 Å². The van der Waals surface area contributed by atoms with Gasteiger partial charge in [-0.2, -0.15) is 5.10 Å². The third-order valence-corrected chi connectivity index (χ3v) is 4.29. The molecule has 0 atom stereocenters. The number of rotatable bonds is 5. The van der Waals surface area contributed by atoms with E-state index < -0.39 is 0 Å². The van der Waals surface area contributed by atoms with Gasteiger partial charge in [-0.15, -0.1) is 0 Å². The number of nitrogens with one attached hydrogen (secondary N) is 1. The summed E-state index contributed by atoms with van der Waals surface area (Å²) in [6.07, 6.45) is 0.949. The van der Waals surface area contributed by atoms with Crippen LogP contribution in [0.1, 0.15) is 36.4 Å². The van der Waals surface area contributed by atoms with E-state index in [4.69, 9.17) is 0 Å². The van der Waals surface area contributed by atoms with Gasteiger partial charge < -0.3 is 5.32 Å². The molecule has 4 heteroatoms. The van der Waals surface area contributed by atoms with Crippen LogP contribution in [0, 0.1) is 13.8 Å². The van der Waals surface area contributed by atoms with Crippen molar-refractivity contribution in [1.82, 2.24) is 9.78 Å². The van der Waals surface area contributed by atoms with Crippen molar-refractivity contribution in [2.75, 3.05) is 5.32 Å². The molecular formula is C16H22BrN3. The Hall–Kier alpha value is -1.29. The predicted molar refractivity (Wildman–Crippen MR) is 88.2 cm³/mol. The first kappa shape index (κ1) is 15.1. The molecular weight excluding hydrogens is 314 g/mol. The summed E-state index contributed by atoms with van der Waals surface area (Å²) in [5.74, 6) is 0. The Labute approximate surface area is 129 Å². The molecule has 0 unspecified atom stereocenters. The van der Waals surface area contributed by atoms with Gasteiger partial charge in [0.15, 0.2) is 0 Å². The fraction of sp³-hybridized carbons (Fsp3) is 0.438. The predicted octanol–water partition coefficient (Wildman–Crippen LogP) is 4.46. The molecule has 1 aromatic carbocycles. The fourth-order valence-electron chi connectivity index (χ4n) is 2.45. The minimum Gasteiger partial charge on any atom is -0.379 e. The van der Waals surface area contributed by atoms with E-state index in [2.05, 4.69) is 76.9 Å². The monoisotopic (exact) mass is 335 g/mol. The van der Waals surface area contributed by atoms with Crippen LogP contribution in [-0.4, -0.2) is 9.78 Å². The number of aromatic nitrogens is 2. The minimum atomic E-state index is 0.782. The van der Waals surface area contributed by atoms with Gasteiger partial charge >= 0.3 is 0 Å². The van der Waals surface area contributed by atoms with Crippen LogP contribution in [0.25, 0.3) is 0 Å². The zero-order valence-electron chi connectivity index (χ0n) is 12.6. The zero-order chi connectivity index (χ0) is 14.7. The van der Waals surface area contributed by atoms with Crippen LogP contribution in [0.4, 0.5) is 5.69 Å². The number of halogens is 1. The number of hydrogen-bond acceptors (Lipinski definition) is 2. The maximum absolute atomic E-state index is 4.62. The highest BCUT2D eigenvalue weighted by atomic mass is 79.9. The van der Waals surface area contributed by atoms with Crippen molar-refractivity contribution in [3.05, 3.63) is 45.2 Å². The van der Waals surface area contributed by atoms with Gasteiger partial charge in [0.1, 0.15) is 0 Å². The van der Waals surface area contributed by atoms with Crippen molar-refractivity contribution >= 4 is 21.6 Å². The highest BCUT2D eigenvalue weighted by Crippen LogP contribution is 2.23. The van der Waals surface area contributed by atoms with Crippen LogP contribution in [0.2, 0.25) is 0 Å². The zero-order valence-corrected chi connectivity index (χ0v) is 14.2. The molecule has 0 fully saturated rings. The second kappa shape index (κ2) is 6.44. The van der Waals surface area contributed by atoms with Gasteiger partial charge in [0.25, 0.3) is 0 Å². The van der Waals surface area contributed by atoms with Gasteiger partial charge in [-0.1, -0.05) is 13.0 Å². The van der Waals surface area contributed by atoms with Crippen LogP contribution in [0.5, 0.6) is 0 Å². The average Bonchev–Trinajstić information content (AvgIpc) is 2.71. The van der Waals surface area contributed by atoms with E-state index in [1.54, 1.807) is 0 Å². The van der Waals surface area contributed by atoms with E-state index in [0.29, 0.717) is 0 Å². The highest BCUT2D eigenvalue weighted by molar-refractivity contribution is 9.10. The lowest BCUT2D eigenvalue weighted by Crippen LogP contribution is -2.08. The molecule has 0 saturated carbocycles. The Morgan fingerprint density at radius 1 is 1.15 bits per heavy atom. The van der Waals surface area contributed by atoms with Crippen LogP contribution in [0.15, 0.2) is 22.7 Å². The van der Waals surface area contributed by atoms with Crippen molar-refractivity contribution in [3.8, 4) is 0 Å². The Morgan fingerprint density at radius 2 is 1.80 bits per heavy atom. The topological polar surface area (TPSA) is 29.9 Å². The van der Waals surface area contributed by atoms with E-state index in [-0.39, 0.29) is 0 Å². The summed E-state index contributed by atoms with van der Waals surface area (Å²) in [5, 5.41) is 8.13. The molecule has 0 radical (unpaired) electrons. The number of benzene rings is 1. The normalized spacial score (nSPS) is 10.8. The number of hydrogen-bond donors (Lipinski definition) is 1. The van der Waals surface area contributed by atoms with Gasteiger partial charge in [-0.05, 0) is 66.4 Å². The third kappa shape index (κ3) is 3.23. The second-order valence-electron chi connectivity index (χ2n) is 5.11. The summed E-state index contributed by atoms with van der Waals surface area (Å²) >= 11 is 3.68. The summed E-state index contributed by atoms with van der Waals surface area (Å²) in [7, 11) is 0. The second-order valence-corrected chi connectivity index (χ2v) is 5.90. The fourth-order valence-corrected chi connectivity index (χ4v) is 3.15. The summed E-state index contributed by atoms with van der Waals surface area (Å²) in [4.78, 5) is 0. The molecule has 0 bridgehead atoms. The molecule has 108 valence electrons. The first-order valence-electron chi connectivity index (χ1n) is 7.11. The molecule has 0 saturated heterocycles. The maximum atomic E-state index is 4.62. The smallest absolute Gasteiger partial charge is 0.0767 e. The molecule has 0 amide bonds. The van der Waals surface area contributed by atoms with Gasteiger partial charge in [0.05, 0.1) is 22.4 Å². The van der Waals surface area contributed by atoms with Crippen molar-refractivity contribution in [1.29, 1.82) is 0 Å². The standard InChI is InChI=1S/C16H22BrN3/c1-5-14-16(17)15(20(6-2)19-14)10-18-13-8-11(3)7-12(4)9-13/h7-9,18H,5-6,10H2,1-4H3. The molecule has 0 spiro atoms. The molecule has 0 aliphatic rings. The van der Waals surface area contributed by atoms with Crippen LogP contribution in [-0.2, 0) is 19.5 Å². The number of aryl methyl sites for hydroxylation is 4. The molecule has 0 aliphatic heterocycles. The first-order valence-corrected chi connectivity index (χ1v) is 7.90. The van der Waals surface area contributed by atoms with Crippen LogP contribution >= 0.6 is 15.9 Å². The lowest BCUT2D eigenvalue weighted by Gasteiger charge is -2.10. The SMILES string of the molecule is CCc1nn(CC)c(CNc2cc(C)cc(C)c2)c1Br. The Kier molecular flexibility index (Phi) is 4.86. The Morgan fingerprint density at radius 3 is 2.35 bits per heavy atom. The van der Waals surface area contributed by atoms with E-state index in [0.717, 1.165) is 35.4 Å². The number of anilines is 1. The van der Waals surface area contributed by atoms with Crippen molar-refractivity contribution in [2.24, 2.45) is 0 Å². The first-order chi connectivity index (χ1) is 9.55. The molecule has 20 heavy (non-hydrogen) atoms. The largest absolute Gasteiger partial charge is 0.379 e. The molecule has 1 N–H and O–H groups in total. The summed E-state index contributed by atoms with van der Waals surface area (Å²) in [5.41, 5.74) is 6.07. The molecule has 2 aromatic rings. The molecule has 1 aromatic heterocycles. The van der Waals surface area contributed by atoms with Crippen molar-refractivity contribution < 1.29 is 0 Å². The van der Waals surface area contributed by atoms with Crippen molar-refractivity contribution in [3.63, 3.8) is 0 Å². The summed E-state index contributed by atoms with van der Waals surface area (Å²) < 4.78 is 3.21. The van der Waals surface area contributed by atoms with E-state index in [9.17, 15) is 0 Å². The third-order valence-electron chi connectivity index (χ3n) is 3.38. The molecule has 0 aliphatic carbocycles. The molecule has 1 heterocycles. The Balaban J connectivity index is 2.20.